The van der Waals surface area contributed by atoms with Gasteiger partial charge in [-0.25, -0.2) is 4.98 Å². The summed E-state index contributed by atoms with van der Waals surface area (Å²) in [5.41, 5.74) is 2.24. The highest BCUT2D eigenvalue weighted by atomic mass is 16.1. The minimum absolute atomic E-state index is 0.0791. The predicted molar refractivity (Wildman–Crippen MR) is 76.7 cm³/mol. The average Bonchev–Trinajstić information content (AvgIpc) is 2.44. The first-order chi connectivity index (χ1) is 9.58. The molecule has 0 radical (unpaired) electrons. The zero-order valence-corrected chi connectivity index (χ0v) is 11.6. The zero-order chi connectivity index (χ0) is 14.5. The Morgan fingerprint density at radius 3 is 2.65 bits per heavy atom. The van der Waals surface area contributed by atoms with Gasteiger partial charge >= 0.3 is 0 Å². The summed E-state index contributed by atoms with van der Waals surface area (Å²) >= 11 is 0. The summed E-state index contributed by atoms with van der Waals surface area (Å²) in [6.07, 6.45) is 3.01. The van der Waals surface area contributed by atoms with Crippen LogP contribution < -0.4 is 10.9 Å². The monoisotopic (exact) mass is 271 g/mol. The second-order valence-electron chi connectivity index (χ2n) is 4.70. The molecule has 104 valence electrons. The normalized spacial score (nSPS) is 10.3. The van der Waals surface area contributed by atoms with Crippen molar-refractivity contribution in [2.75, 3.05) is 6.54 Å². The van der Waals surface area contributed by atoms with Gasteiger partial charge in [0, 0.05) is 30.4 Å². The Balaban J connectivity index is 1.93. The fourth-order valence-corrected chi connectivity index (χ4v) is 1.82. The van der Waals surface area contributed by atoms with Crippen LogP contribution in [0.5, 0.6) is 0 Å². The number of hydrogen-bond donors (Lipinski definition) is 1. The van der Waals surface area contributed by atoms with Gasteiger partial charge in [-0.2, -0.15) is 0 Å². The molecule has 2 rings (SSSR count). The van der Waals surface area contributed by atoms with Crippen molar-refractivity contribution in [3.8, 4) is 0 Å². The number of carbonyl (C=O) groups excluding carboxylic acids is 1. The number of benzene rings is 1. The molecule has 2 aromatic rings. The Kier molecular flexibility index (Phi) is 4.30. The number of aromatic nitrogens is 2. The van der Waals surface area contributed by atoms with E-state index in [1.165, 1.54) is 17.1 Å². The van der Waals surface area contributed by atoms with Gasteiger partial charge in [0.15, 0.2) is 0 Å². The van der Waals surface area contributed by atoms with Crippen molar-refractivity contribution in [1.29, 1.82) is 0 Å². The third kappa shape index (κ3) is 3.32. The Morgan fingerprint density at radius 1 is 1.25 bits per heavy atom. The molecule has 0 saturated carbocycles. The average molecular weight is 271 g/mol. The van der Waals surface area contributed by atoms with Crippen LogP contribution >= 0.6 is 0 Å². The molecule has 1 amide bonds. The van der Waals surface area contributed by atoms with Gasteiger partial charge < -0.3 is 5.32 Å². The van der Waals surface area contributed by atoms with E-state index in [0.29, 0.717) is 24.2 Å². The molecule has 0 aliphatic heterocycles. The Bertz CT molecular complexity index is 660. The van der Waals surface area contributed by atoms with E-state index < -0.39 is 0 Å². The van der Waals surface area contributed by atoms with Crippen molar-refractivity contribution in [3.63, 3.8) is 0 Å². The molecule has 0 spiro atoms. The lowest BCUT2D eigenvalue weighted by atomic mass is 10.1. The molecule has 0 aliphatic rings. The van der Waals surface area contributed by atoms with Gasteiger partial charge in [-0.15, -0.1) is 0 Å². The van der Waals surface area contributed by atoms with E-state index in [1.54, 1.807) is 19.1 Å². The lowest BCUT2D eigenvalue weighted by Crippen LogP contribution is -2.31. The van der Waals surface area contributed by atoms with E-state index in [2.05, 4.69) is 10.3 Å². The number of hydrogen-bond acceptors (Lipinski definition) is 3. The quantitative estimate of drug-likeness (QED) is 0.911. The van der Waals surface area contributed by atoms with Crippen molar-refractivity contribution in [2.24, 2.45) is 0 Å². The molecule has 5 heteroatoms. The summed E-state index contributed by atoms with van der Waals surface area (Å²) in [5, 5.41) is 2.79. The molecule has 0 saturated heterocycles. The molecule has 1 N–H and O–H groups in total. The fraction of sp³-hybridized carbons (Fsp3) is 0.267. The van der Waals surface area contributed by atoms with Crippen LogP contribution in [-0.4, -0.2) is 22.0 Å². The first kappa shape index (κ1) is 14.0. The summed E-state index contributed by atoms with van der Waals surface area (Å²) in [7, 11) is 0. The SMILES string of the molecule is Cc1ccc(C(=O)NCCn2cncc(C)c2=O)cc1. The Labute approximate surface area is 117 Å². The smallest absolute Gasteiger partial charge is 0.256 e. The van der Waals surface area contributed by atoms with Gasteiger partial charge in [-0.05, 0) is 26.0 Å². The van der Waals surface area contributed by atoms with Gasteiger partial charge in [0.2, 0.25) is 0 Å². The highest BCUT2D eigenvalue weighted by Gasteiger charge is 2.05. The molecule has 20 heavy (non-hydrogen) atoms. The van der Waals surface area contributed by atoms with Crippen LogP contribution in [-0.2, 0) is 6.54 Å². The summed E-state index contributed by atoms with van der Waals surface area (Å²) < 4.78 is 1.49. The Hall–Kier alpha value is -2.43. The summed E-state index contributed by atoms with van der Waals surface area (Å²) in [6.45, 7) is 4.48. The topological polar surface area (TPSA) is 64.0 Å². The Morgan fingerprint density at radius 2 is 1.95 bits per heavy atom. The van der Waals surface area contributed by atoms with Crippen LogP contribution in [0, 0.1) is 13.8 Å². The predicted octanol–water partition coefficient (Wildman–Crippen LogP) is 1.29. The fourth-order valence-electron chi connectivity index (χ4n) is 1.82. The molecule has 0 fully saturated rings. The van der Waals surface area contributed by atoms with E-state index in [9.17, 15) is 9.59 Å². The molecule has 1 heterocycles. The van der Waals surface area contributed by atoms with E-state index in [-0.39, 0.29) is 11.5 Å². The van der Waals surface area contributed by atoms with Crippen LogP contribution in [0.2, 0.25) is 0 Å². The van der Waals surface area contributed by atoms with Crippen LogP contribution in [0.25, 0.3) is 0 Å². The molecule has 0 aliphatic carbocycles. The minimum atomic E-state index is -0.140. The van der Waals surface area contributed by atoms with Crippen molar-refractivity contribution < 1.29 is 4.79 Å². The van der Waals surface area contributed by atoms with Gasteiger partial charge in [0.1, 0.15) is 0 Å². The summed E-state index contributed by atoms with van der Waals surface area (Å²) in [6, 6.07) is 7.35. The molecular formula is C15H17N3O2. The third-order valence-corrected chi connectivity index (χ3v) is 3.02. The number of nitrogens with zero attached hydrogens (tertiary/aromatic N) is 2. The number of nitrogens with one attached hydrogen (secondary N) is 1. The van der Waals surface area contributed by atoms with Crippen LogP contribution in [0.3, 0.4) is 0 Å². The molecule has 1 aromatic carbocycles. The van der Waals surface area contributed by atoms with E-state index in [1.807, 2.05) is 19.1 Å². The van der Waals surface area contributed by atoms with Crippen LogP contribution in [0.4, 0.5) is 0 Å². The lowest BCUT2D eigenvalue weighted by Gasteiger charge is -2.08. The summed E-state index contributed by atoms with van der Waals surface area (Å²) in [5.74, 6) is -0.140. The first-order valence-electron chi connectivity index (χ1n) is 6.44. The van der Waals surface area contributed by atoms with Gasteiger partial charge in [-0.3, -0.25) is 14.2 Å². The minimum Gasteiger partial charge on any atom is -0.350 e. The van der Waals surface area contributed by atoms with Crippen molar-refractivity contribution in [2.45, 2.75) is 20.4 Å². The largest absolute Gasteiger partial charge is 0.350 e. The van der Waals surface area contributed by atoms with Crippen LogP contribution in [0.1, 0.15) is 21.5 Å². The number of aryl methyl sites for hydroxylation is 2. The molecule has 5 nitrogen and oxygen atoms in total. The number of amides is 1. The molecule has 0 bridgehead atoms. The van der Waals surface area contributed by atoms with Gasteiger partial charge in [-0.1, -0.05) is 17.7 Å². The molecule has 0 unspecified atom stereocenters. The van der Waals surface area contributed by atoms with Crippen molar-refractivity contribution in [3.05, 3.63) is 63.8 Å². The van der Waals surface area contributed by atoms with E-state index in [0.717, 1.165) is 5.56 Å². The maximum atomic E-state index is 11.9. The van der Waals surface area contributed by atoms with Gasteiger partial charge in [0.25, 0.3) is 11.5 Å². The standard InChI is InChI=1S/C15H17N3O2/c1-11-3-5-13(6-4-11)14(19)17-7-8-18-10-16-9-12(2)15(18)20/h3-6,9-10H,7-8H2,1-2H3,(H,17,19). The molecule has 1 aromatic heterocycles. The van der Waals surface area contributed by atoms with Crippen LogP contribution in [0.15, 0.2) is 41.6 Å². The van der Waals surface area contributed by atoms with E-state index in [4.69, 9.17) is 0 Å². The van der Waals surface area contributed by atoms with Crippen molar-refractivity contribution in [1.82, 2.24) is 14.9 Å². The maximum Gasteiger partial charge on any atom is 0.256 e. The van der Waals surface area contributed by atoms with E-state index >= 15 is 0 Å². The van der Waals surface area contributed by atoms with Crippen molar-refractivity contribution >= 4 is 5.91 Å². The molecule has 0 atom stereocenters. The second kappa shape index (κ2) is 6.14. The zero-order valence-electron chi connectivity index (χ0n) is 11.6. The first-order valence-corrected chi connectivity index (χ1v) is 6.44. The third-order valence-electron chi connectivity index (χ3n) is 3.02. The summed E-state index contributed by atoms with van der Waals surface area (Å²) in [4.78, 5) is 27.6. The molecular weight excluding hydrogens is 254 g/mol. The number of rotatable bonds is 4. The van der Waals surface area contributed by atoms with Gasteiger partial charge in [0.05, 0.1) is 6.33 Å². The second-order valence-corrected chi connectivity index (χ2v) is 4.70. The lowest BCUT2D eigenvalue weighted by molar-refractivity contribution is 0.0952. The maximum absolute atomic E-state index is 11.9. The highest BCUT2D eigenvalue weighted by molar-refractivity contribution is 5.94. The number of carbonyl (C=O) groups is 1. The highest BCUT2D eigenvalue weighted by Crippen LogP contribution is 2.02.